The van der Waals surface area contributed by atoms with Gasteiger partial charge in [0.2, 0.25) is 0 Å². The summed E-state index contributed by atoms with van der Waals surface area (Å²) in [5, 5.41) is 9.19. The quantitative estimate of drug-likeness (QED) is 0.657. The van der Waals surface area contributed by atoms with Crippen molar-refractivity contribution in [1.29, 1.82) is 0 Å². The van der Waals surface area contributed by atoms with Gasteiger partial charge in [-0.1, -0.05) is 0 Å². The van der Waals surface area contributed by atoms with Crippen LogP contribution in [-0.4, -0.2) is 31.2 Å². The Morgan fingerprint density at radius 1 is 1.33 bits per heavy atom. The molecule has 0 bridgehead atoms. The first-order valence-corrected chi connectivity index (χ1v) is 5.87. The van der Waals surface area contributed by atoms with Crippen LogP contribution in [0.15, 0.2) is 0 Å². The van der Waals surface area contributed by atoms with Crippen LogP contribution in [-0.2, 0) is 0 Å². The molecule has 1 saturated heterocycles. The van der Waals surface area contributed by atoms with Crippen molar-refractivity contribution in [3.05, 3.63) is 0 Å². The minimum absolute atomic E-state index is 0.0527. The average molecular weight is 213 g/mol. The van der Waals surface area contributed by atoms with Gasteiger partial charge in [-0.05, 0) is 52.6 Å². The highest BCUT2D eigenvalue weighted by Crippen LogP contribution is 2.13. The molecule has 1 fully saturated rings. The molecular weight excluding hydrogens is 190 g/mol. The molecule has 4 heteroatoms. The van der Waals surface area contributed by atoms with E-state index in [1.807, 2.05) is 13.8 Å². The maximum atomic E-state index is 11.5. The summed E-state index contributed by atoms with van der Waals surface area (Å²) in [5.41, 5.74) is 0. The molecule has 2 unspecified atom stereocenters. The number of hydrogen-bond acceptors (Lipinski definition) is 2. The minimum Gasteiger partial charge on any atom is -0.336 e. The van der Waals surface area contributed by atoms with Crippen LogP contribution < -0.4 is 16.0 Å². The average Bonchev–Trinajstić information content (AvgIpc) is 2.17. The zero-order chi connectivity index (χ0) is 11.3. The van der Waals surface area contributed by atoms with E-state index >= 15 is 0 Å². The van der Waals surface area contributed by atoms with Crippen molar-refractivity contribution >= 4 is 6.03 Å². The molecule has 4 nitrogen and oxygen atoms in total. The third kappa shape index (κ3) is 4.51. The van der Waals surface area contributed by atoms with Crippen LogP contribution in [0.3, 0.4) is 0 Å². The van der Waals surface area contributed by atoms with Gasteiger partial charge in [0.15, 0.2) is 0 Å². The summed E-state index contributed by atoms with van der Waals surface area (Å²) in [6.07, 6.45) is 2.42. The Balaban J connectivity index is 2.27. The van der Waals surface area contributed by atoms with E-state index in [2.05, 4.69) is 22.9 Å². The lowest BCUT2D eigenvalue weighted by atomic mass is 9.93. The highest BCUT2D eigenvalue weighted by molar-refractivity contribution is 5.74. The molecule has 0 aromatic carbocycles. The summed E-state index contributed by atoms with van der Waals surface area (Å²) < 4.78 is 0. The molecule has 1 rings (SSSR count). The molecule has 15 heavy (non-hydrogen) atoms. The van der Waals surface area contributed by atoms with E-state index in [-0.39, 0.29) is 18.1 Å². The third-order valence-electron chi connectivity index (χ3n) is 2.82. The van der Waals surface area contributed by atoms with E-state index < -0.39 is 0 Å². The molecule has 3 N–H and O–H groups in total. The summed E-state index contributed by atoms with van der Waals surface area (Å²) in [7, 11) is 0. The summed E-state index contributed by atoms with van der Waals surface area (Å²) >= 11 is 0. The van der Waals surface area contributed by atoms with Gasteiger partial charge in [-0.25, -0.2) is 4.79 Å². The number of nitrogens with one attached hydrogen (secondary N) is 3. The van der Waals surface area contributed by atoms with E-state index in [4.69, 9.17) is 0 Å². The monoisotopic (exact) mass is 213 g/mol. The van der Waals surface area contributed by atoms with Crippen molar-refractivity contribution in [3.8, 4) is 0 Å². The molecule has 2 atom stereocenters. The standard InChI is InChI=1S/C11H23N3O/c1-8(2)13-11(15)14-9(3)10-5-4-6-12-7-10/h8-10,12H,4-7H2,1-3H3,(H2,13,14,15). The van der Waals surface area contributed by atoms with Crippen LogP contribution in [0.5, 0.6) is 0 Å². The Morgan fingerprint density at radius 3 is 2.60 bits per heavy atom. The predicted molar refractivity (Wildman–Crippen MR) is 61.9 cm³/mol. The van der Waals surface area contributed by atoms with Crippen molar-refractivity contribution in [2.24, 2.45) is 5.92 Å². The normalized spacial score (nSPS) is 23.6. The van der Waals surface area contributed by atoms with Gasteiger partial charge in [0.1, 0.15) is 0 Å². The van der Waals surface area contributed by atoms with E-state index in [9.17, 15) is 4.79 Å². The lowest BCUT2D eigenvalue weighted by Crippen LogP contribution is -2.49. The summed E-state index contributed by atoms with van der Waals surface area (Å²) in [6.45, 7) is 8.14. The Bertz CT molecular complexity index is 200. The maximum absolute atomic E-state index is 11.5. The number of urea groups is 1. The van der Waals surface area contributed by atoms with Gasteiger partial charge in [0, 0.05) is 12.1 Å². The van der Waals surface area contributed by atoms with Crippen molar-refractivity contribution in [2.45, 2.75) is 45.7 Å². The number of amides is 2. The summed E-state index contributed by atoms with van der Waals surface area (Å²) in [6, 6.07) is 0.390. The van der Waals surface area contributed by atoms with Crippen LogP contribution >= 0.6 is 0 Å². The Labute approximate surface area is 92.2 Å². The topological polar surface area (TPSA) is 53.2 Å². The molecule has 0 radical (unpaired) electrons. The first-order chi connectivity index (χ1) is 7.09. The highest BCUT2D eigenvalue weighted by Gasteiger charge is 2.21. The van der Waals surface area contributed by atoms with E-state index in [0.717, 1.165) is 13.1 Å². The summed E-state index contributed by atoms with van der Waals surface area (Å²) in [4.78, 5) is 11.5. The van der Waals surface area contributed by atoms with Gasteiger partial charge in [-0.2, -0.15) is 0 Å². The van der Waals surface area contributed by atoms with Gasteiger partial charge < -0.3 is 16.0 Å². The van der Waals surface area contributed by atoms with Gasteiger partial charge in [0.25, 0.3) is 0 Å². The van der Waals surface area contributed by atoms with Gasteiger partial charge in [-0.15, -0.1) is 0 Å². The third-order valence-corrected chi connectivity index (χ3v) is 2.82. The van der Waals surface area contributed by atoms with Gasteiger partial charge in [-0.3, -0.25) is 0 Å². The van der Waals surface area contributed by atoms with Crippen LogP contribution in [0.4, 0.5) is 4.79 Å². The number of rotatable bonds is 3. The fourth-order valence-electron chi connectivity index (χ4n) is 1.93. The van der Waals surface area contributed by atoms with Crippen LogP contribution in [0.25, 0.3) is 0 Å². The van der Waals surface area contributed by atoms with Crippen molar-refractivity contribution < 1.29 is 4.79 Å². The highest BCUT2D eigenvalue weighted by atomic mass is 16.2. The van der Waals surface area contributed by atoms with E-state index in [1.54, 1.807) is 0 Å². The second kappa shape index (κ2) is 5.95. The van der Waals surface area contributed by atoms with Crippen molar-refractivity contribution in [3.63, 3.8) is 0 Å². The van der Waals surface area contributed by atoms with Crippen molar-refractivity contribution in [2.75, 3.05) is 13.1 Å². The zero-order valence-electron chi connectivity index (χ0n) is 9.97. The van der Waals surface area contributed by atoms with Crippen molar-refractivity contribution in [1.82, 2.24) is 16.0 Å². The Morgan fingerprint density at radius 2 is 2.07 bits per heavy atom. The molecular formula is C11H23N3O. The molecule has 1 aliphatic rings. The number of piperidine rings is 1. The lowest BCUT2D eigenvalue weighted by Gasteiger charge is -2.29. The fraction of sp³-hybridized carbons (Fsp3) is 0.909. The molecule has 88 valence electrons. The smallest absolute Gasteiger partial charge is 0.315 e. The summed E-state index contributed by atoms with van der Waals surface area (Å²) in [5.74, 6) is 0.566. The molecule has 0 aromatic rings. The largest absolute Gasteiger partial charge is 0.336 e. The lowest BCUT2D eigenvalue weighted by molar-refractivity contribution is 0.225. The van der Waals surface area contributed by atoms with E-state index in [1.165, 1.54) is 12.8 Å². The van der Waals surface area contributed by atoms with Gasteiger partial charge in [0.05, 0.1) is 0 Å². The van der Waals surface area contributed by atoms with Crippen LogP contribution in [0, 0.1) is 5.92 Å². The number of hydrogen-bond donors (Lipinski definition) is 3. The minimum atomic E-state index is -0.0527. The molecule has 1 heterocycles. The van der Waals surface area contributed by atoms with Gasteiger partial charge >= 0.3 is 6.03 Å². The maximum Gasteiger partial charge on any atom is 0.315 e. The van der Waals surface area contributed by atoms with Crippen LogP contribution in [0.2, 0.25) is 0 Å². The van der Waals surface area contributed by atoms with E-state index in [0.29, 0.717) is 5.92 Å². The predicted octanol–water partition coefficient (Wildman–Crippen LogP) is 1.08. The molecule has 0 aliphatic carbocycles. The fourth-order valence-corrected chi connectivity index (χ4v) is 1.93. The second-order valence-corrected chi connectivity index (χ2v) is 4.67. The SMILES string of the molecule is CC(C)NC(=O)NC(C)C1CCCNC1. The number of carbonyl (C=O) groups excluding carboxylic acids is 1. The molecule has 0 spiro atoms. The molecule has 1 aliphatic heterocycles. The second-order valence-electron chi connectivity index (χ2n) is 4.67. The molecule has 0 aromatic heterocycles. The number of carbonyl (C=O) groups is 1. The molecule has 2 amide bonds. The first kappa shape index (κ1) is 12.3. The Hall–Kier alpha value is -0.770. The Kier molecular flexibility index (Phi) is 4.88. The zero-order valence-corrected chi connectivity index (χ0v) is 9.97. The van der Waals surface area contributed by atoms with Crippen LogP contribution in [0.1, 0.15) is 33.6 Å². The molecule has 0 saturated carbocycles. The first-order valence-electron chi connectivity index (χ1n) is 5.87.